The van der Waals surface area contributed by atoms with Gasteiger partial charge < -0.3 is 14.9 Å². The molecule has 0 aliphatic heterocycles. The van der Waals surface area contributed by atoms with Crippen LogP contribution in [0.5, 0.6) is 0 Å². The average molecular weight is 286 g/mol. The van der Waals surface area contributed by atoms with Crippen molar-refractivity contribution in [3.63, 3.8) is 0 Å². The zero-order valence-corrected chi connectivity index (χ0v) is 12.0. The number of halogens is 2. The van der Waals surface area contributed by atoms with Crippen molar-refractivity contribution in [1.29, 1.82) is 0 Å². The van der Waals surface area contributed by atoms with Crippen LogP contribution in [0.1, 0.15) is 23.7 Å². The number of hydrogen-bond acceptors (Lipinski definition) is 3. The van der Waals surface area contributed by atoms with Gasteiger partial charge in [-0.05, 0) is 32.6 Å². The summed E-state index contributed by atoms with van der Waals surface area (Å²) >= 11 is 0. The van der Waals surface area contributed by atoms with E-state index < -0.39 is 23.2 Å². The van der Waals surface area contributed by atoms with E-state index in [2.05, 4.69) is 0 Å². The van der Waals surface area contributed by atoms with Gasteiger partial charge in [0.05, 0.1) is 11.3 Å². The van der Waals surface area contributed by atoms with E-state index in [4.69, 9.17) is 5.11 Å². The van der Waals surface area contributed by atoms with Crippen molar-refractivity contribution in [1.82, 2.24) is 4.90 Å². The second kappa shape index (κ2) is 7.19. The number of anilines is 1. The Balaban J connectivity index is 3.07. The topological polar surface area (TPSA) is 43.8 Å². The first-order valence-electron chi connectivity index (χ1n) is 6.49. The van der Waals surface area contributed by atoms with Gasteiger partial charge in [0.25, 0.3) is 0 Å². The van der Waals surface area contributed by atoms with E-state index in [9.17, 15) is 13.6 Å². The van der Waals surface area contributed by atoms with Gasteiger partial charge in [0.1, 0.15) is 0 Å². The highest BCUT2D eigenvalue weighted by atomic mass is 19.2. The Hall–Kier alpha value is -1.69. The molecule has 0 saturated heterocycles. The number of benzene rings is 1. The zero-order valence-electron chi connectivity index (χ0n) is 12.0. The molecule has 0 unspecified atom stereocenters. The lowest BCUT2D eigenvalue weighted by Gasteiger charge is -2.26. The fourth-order valence-electron chi connectivity index (χ4n) is 1.89. The Labute approximate surface area is 117 Å². The predicted octanol–water partition coefficient (Wildman–Crippen LogP) is 2.44. The molecule has 112 valence electrons. The maximum Gasteiger partial charge on any atom is 0.338 e. The van der Waals surface area contributed by atoms with Gasteiger partial charge >= 0.3 is 5.97 Å². The summed E-state index contributed by atoms with van der Waals surface area (Å²) in [6, 6.07) is 2.43. The molecule has 0 spiro atoms. The first-order valence-corrected chi connectivity index (χ1v) is 6.49. The molecule has 6 heteroatoms. The van der Waals surface area contributed by atoms with E-state index in [1.807, 2.05) is 25.9 Å². The molecule has 0 bridgehead atoms. The quantitative estimate of drug-likeness (QED) is 0.836. The lowest BCUT2D eigenvalue weighted by atomic mass is 10.1. The number of rotatable bonds is 7. The molecule has 0 aliphatic rings. The van der Waals surface area contributed by atoms with Crippen LogP contribution in [-0.2, 0) is 0 Å². The van der Waals surface area contributed by atoms with Crippen LogP contribution in [0.4, 0.5) is 14.5 Å². The second-order valence-electron chi connectivity index (χ2n) is 4.86. The maximum atomic E-state index is 14.0. The van der Waals surface area contributed by atoms with E-state index in [-0.39, 0.29) is 5.69 Å². The summed E-state index contributed by atoms with van der Waals surface area (Å²) < 4.78 is 27.7. The van der Waals surface area contributed by atoms with E-state index in [1.54, 1.807) is 4.90 Å². The lowest BCUT2D eigenvalue weighted by molar-refractivity contribution is 0.0690. The average Bonchev–Trinajstić information content (AvgIpc) is 2.37. The number of carboxylic acids is 1. The number of carbonyl (C=O) groups is 1. The zero-order chi connectivity index (χ0) is 15.3. The van der Waals surface area contributed by atoms with Gasteiger partial charge in [0, 0.05) is 19.6 Å². The minimum Gasteiger partial charge on any atom is -0.478 e. The van der Waals surface area contributed by atoms with E-state index in [1.165, 1.54) is 6.07 Å². The molecule has 1 N–H and O–H groups in total. The summed E-state index contributed by atoms with van der Waals surface area (Å²) in [7, 11) is 3.79. The monoisotopic (exact) mass is 286 g/mol. The van der Waals surface area contributed by atoms with Crippen molar-refractivity contribution >= 4 is 11.7 Å². The molecular formula is C14H20F2N2O2. The smallest absolute Gasteiger partial charge is 0.338 e. The number of aromatic carboxylic acids is 1. The van der Waals surface area contributed by atoms with Crippen LogP contribution in [0.15, 0.2) is 12.1 Å². The molecule has 0 radical (unpaired) electrons. The molecule has 0 aliphatic carbocycles. The molecule has 0 saturated carbocycles. The molecule has 4 nitrogen and oxygen atoms in total. The summed E-state index contributed by atoms with van der Waals surface area (Å²) in [6.45, 7) is 3.77. The van der Waals surface area contributed by atoms with Gasteiger partial charge in [-0.2, -0.15) is 0 Å². The highest BCUT2D eigenvalue weighted by Gasteiger charge is 2.20. The van der Waals surface area contributed by atoms with Gasteiger partial charge in [-0.1, -0.05) is 6.92 Å². The third-order valence-corrected chi connectivity index (χ3v) is 2.94. The van der Waals surface area contributed by atoms with Crippen LogP contribution >= 0.6 is 0 Å². The standard InChI is InChI=1S/C14H20F2N2O2/c1-4-7-18(9-8-17(2)3)11-6-5-10(14(19)20)12(15)13(11)16/h5-6H,4,7-9H2,1-3H3,(H,19,20). The van der Waals surface area contributed by atoms with Crippen LogP contribution < -0.4 is 4.90 Å². The Morgan fingerprint density at radius 1 is 1.15 bits per heavy atom. The van der Waals surface area contributed by atoms with Crippen molar-refractivity contribution in [2.75, 3.05) is 38.6 Å². The third-order valence-electron chi connectivity index (χ3n) is 2.94. The van der Waals surface area contributed by atoms with Gasteiger partial charge in [-0.3, -0.25) is 0 Å². The third kappa shape index (κ3) is 3.90. The van der Waals surface area contributed by atoms with E-state index in [0.29, 0.717) is 19.6 Å². The molecule has 0 heterocycles. The van der Waals surface area contributed by atoms with Gasteiger partial charge in [-0.15, -0.1) is 0 Å². The highest BCUT2D eigenvalue weighted by Crippen LogP contribution is 2.24. The highest BCUT2D eigenvalue weighted by molar-refractivity contribution is 5.88. The van der Waals surface area contributed by atoms with Crippen LogP contribution in [0.25, 0.3) is 0 Å². The van der Waals surface area contributed by atoms with Crippen molar-refractivity contribution in [3.8, 4) is 0 Å². The van der Waals surface area contributed by atoms with Crippen molar-refractivity contribution in [2.24, 2.45) is 0 Å². The fourth-order valence-corrected chi connectivity index (χ4v) is 1.89. The molecule has 0 aromatic heterocycles. The van der Waals surface area contributed by atoms with Crippen LogP contribution in [-0.4, -0.2) is 49.7 Å². The SMILES string of the molecule is CCCN(CCN(C)C)c1ccc(C(=O)O)c(F)c1F. The molecule has 20 heavy (non-hydrogen) atoms. The molecule has 1 aromatic rings. The van der Waals surface area contributed by atoms with Gasteiger partial charge in [0.2, 0.25) is 0 Å². The molecule has 1 aromatic carbocycles. The molecule has 0 atom stereocenters. The van der Waals surface area contributed by atoms with Crippen LogP contribution in [0, 0.1) is 11.6 Å². The fraction of sp³-hybridized carbons (Fsp3) is 0.500. The minimum atomic E-state index is -1.47. The Bertz CT molecular complexity index is 478. The first-order chi connectivity index (χ1) is 9.38. The molecule has 1 rings (SSSR count). The van der Waals surface area contributed by atoms with Crippen LogP contribution in [0.2, 0.25) is 0 Å². The predicted molar refractivity (Wildman–Crippen MR) is 74.4 cm³/mol. The summed E-state index contributed by atoms with van der Waals surface area (Å²) in [5.41, 5.74) is -0.536. The van der Waals surface area contributed by atoms with Crippen LogP contribution in [0.3, 0.4) is 0 Å². The summed E-state index contributed by atoms with van der Waals surface area (Å²) in [6.07, 6.45) is 0.787. The first kappa shape index (κ1) is 16.4. The van der Waals surface area contributed by atoms with Crippen molar-refractivity contribution in [2.45, 2.75) is 13.3 Å². The molecular weight excluding hydrogens is 266 g/mol. The Morgan fingerprint density at radius 2 is 1.80 bits per heavy atom. The Morgan fingerprint density at radius 3 is 2.30 bits per heavy atom. The normalized spacial score (nSPS) is 10.9. The molecule has 0 amide bonds. The minimum absolute atomic E-state index is 0.108. The van der Waals surface area contributed by atoms with E-state index in [0.717, 1.165) is 12.5 Å². The van der Waals surface area contributed by atoms with Gasteiger partial charge in [0.15, 0.2) is 11.6 Å². The van der Waals surface area contributed by atoms with Gasteiger partial charge in [-0.25, -0.2) is 13.6 Å². The summed E-state index contributed by atoms with van der Waals surface area (Å²) in [4.78, 5) is 14.4. The number of carboxylic acid groups (broad SMARTS) is 1. The number of nitrogens with zero attached hydrogens (tertiary/aromatic N) is 2. The van der Waals surface area contributed by atoms with Crippen molar-refractivity contribution in [3.05, 3.63) is 29.3 Å². The Kier molecular flexibility index (Phi) is 5.88. The summed E-state index contributed by atoms with van der Waals surface area (Å²) in [5, 5.41) is 8.77. The largest absolute Gasteiger partial charge is 0.478 e. The number of hydrogen-bond donors (Lipinski definition) is 1. The van der Waals surface area contributed by atoms with Crippen molar-refractivity contribution < 1.29 is 18.7 Å². The summed E-state index contributed by atoms with van der Waals surface area (Å²) in [5.74, 6) is -3.87. The lowest BCUT2D eigenvalue weighted by Crippen LogP contribution is -2.33. The molecule has 0 fully saturated rings. The second-order valence-corrected chi connectivity index (χ2v) is 4.86. The maximum absolute atomic E-state index is 14.0. The van der Waals surface area contributed by atoms with E-state index >= 15 is 0 Å². The number of likely N-dealkylation sites (N-methyl/N-ethyl adjacent to an activating group) is 1.